The van der Waals surface area contributed by atoms with Gasteiger partial charge in [-0.1, -0.05) is 17.7 Å². The molecule has 1 aliphatic heterocycles. The maximum absolute atomic E-state index is 12.9. The molecular weight excluding hydrogens is 428 g/mol. The fourth-order valence-corrected chi connectivity index (χ4v) is 4.18. The van der Waals surface area contributed by atoms with Crippen LogP contribution in [0.2, 0.25) is 5.02 Å². The number of halogens is 1. The highest BCUT2D eigenvalue weighted by Crippen LogP contribution is 2.29. The van der Waals surface area contributed by atoms with Crippen LogP contribution in [0.25, 0.3) is 0 Å². The molecule has 1 amide bonds. The van der Waals surface area contributed by atoms with Gasteiger partial charge in [0.2, 0.25) is 10.0 Å². The molecule has 7 nitrogen and oxygen atoms in total. The summed E-state index contributed by atoms with van der Waals surface area (Å²) in [6.07, 6.45) is 1.99. The second-order valence-electron chi connectivity index (χ2n) is 7.33. The number of hydrogen-bond donors (Lipinski definition) is 1. The van der Waals surface area contributed by atoms with Crippen LogP contribution in [0.15, 0.2) is 41.3 Å². The second kappa shape index (κ2) is 9.34. The number of rotatable bonds is 7. The summed E-state index contributed by atoms with van der Waals surface area (Å²) in [5.41, 5.74) is 1.51. The SMILES string of the molecule is Cc1ccc(NC(=O)c2cc(S(=O)(=O)N(C)C)ccc2Cl)c(OCC2CCCO2)c1. The molecule has 0 saturated carbocycles. The number of hydrogen-bond acceptors (Lipinski definition) is 5. The summed E-state index contributed by atoms with van der Waals surface area (Å²) in [6.45, 7) is 3.05. The van der Waals surface area contributed by atoms with Gasteiger partial charge in [0.1, 0.15) is 12.4 Å². The summed E-state index contributed by atoms with van der Waals surface area (Å²) in [4.78, 5) is 12.9. The van der Waals surface area contributed by atoms with Crippen molar-refractivity contribution < 1.29 is 22.7 Å². The molecule has 0 spiro atoms. The molecule has 2 aromatic rings. The van der Waals surface area contributed by atoms with Crippen molar-refractivity contribution in [3.8, 4) is 5.75 Å². The number of aryl methyl sites for hydroxylation is 1. The minimum absolute atomic E-state index is 0.0131. The Morgan fingerprint density at radius 3 is 2.70 bits per heavy atom. The van der Waals surface area contributed by atoms with Crippen molar-refractivity contribution in [3.05, 3.63) is 52.5 Å². The lowest BCUT2D eigenvalue weighted by Crippen LogP contribution is -2.23. The van der Waals surface area contributed by atoms with Gasteiger partial charge in [-0.05, 0) is 55.7 Å². The zero-order valence-electron chi connectivity index (χ0n) is 17.1. The molecule has 1 saturated heterocycles. The predicted molar refractivity (Wildman–Crippen MR) is 116 cm³/mol. The third kappa shape index (κ3) is 5.13. The molecular formula is C21H25ClN2O5S. The van der Waals surface area contributed by atoms with Crippen LogP contribution < -0.4 is 10.1 Å². The van der Waals surface area contributed by atoms with Gasteiger partial charge in [-0.15, -0.1) is 0 Å². The molecule has 3 rings (SSSR count). The zero-order chi connectivity index (χ0) is 21.9. The van der Waals surface area contributed by atoms with E-state index in [2.05, 4.69) is 5.32 Å². The topological polar surface area (TPSA) is 84.9 Å². The molecule has 1 aliphatic rings. The van der Waals surface area contributed by atoms with E-state index in [9.17, 15) is 13.2 Å². The molecule has 1 fully saturated rings. The Labute approximate surface area is 182 Å². The maximum Gasteiger partial charge on any atom is 0.257 e. The fourth-order valence-electron chi connectivity index (χ4n) is 3.05. The summed E-state index contributed by atoms with van der Waals surface area (Å²) in [7, 11) is -0.850. The molecule has 1 N–H and O–H groups in total. The third-order valence-electron chi connectivity index (χ3n) is 4.80. The monoisotopic (exact) mass is 452 g/mol. The van der Waals surface area contributed by atoms with Gasteiger partial charge < -0.3 is 14.8 Å². The van der Waals surface area contributed by atoms with Crippen LogP contribution in [0.5, 0.6) is 5.75 Å². The van der Waals surface area contributed by atoms with E-state index >= 15 is 0 Å². The van der Waals surface area contributed by atoms with Crippen LogP contribution in [0.4, 0.5) is 5.69 Å². The Hall–Kier alpha value is -2.13. The van der Waals surface area contributed by atoms with Crippen molar-refractivity contribution in [1.29, 1.82) is 0 Å². The first-order chi connectivity index (χ1) is 14.2. The summed E-state index contributed by atoms with van der Waals surface area (Å²) >= 11 is 6.18. The largest absolute Gasteiger partial charge is 0.489 e. The third-order valence-corrected chi connectivity index (χ3v) is 6.94. The van der Waals surface area contributed by atoms with Crippen LogP contribution in [-0.4, -0.2) is 52.0 Å². The smallest absolute Gasteiger partial charge is 0.257 e. The van der Waals surface area contributed by atoms with Gasteiger partial charge in [0.25, 0.3) is 5.91 Å². The van der Waals surface area contributed by atoms with Crippen molar-refractivity contribution in [1.82, 2.24) is 4.31 Å². The van der Waals surface area contributed by atoms with Crippen molar-refractivity contribution in [2.45, 2.75) is 30.8 Å². The molecule has 0 aromatic heterocycles. The van der Waals surface area contributed by atoms with Crippen molar-refractivity contribution in [2.24, 2.45) is 0 Å². The summed E-state index contributed by atoms with van der Waals surface area (Å²) < 4.78 is 37.4. The van der Waals surface area contributed by atoms with Crippen molar-refractivity contribution in [3.63, 3.8) is 0 Å². The zero-order valence-corrected chi connectivity index (χ0v) is 18.7. The number of benzene rings is 2. The van der Waals surface area contributed by atoms with Gasteiger partial charge in [0.05, 0.1) is 27.3 Å². The molecule has 9 heteroatoms. The van der Waals surface area contributed by atoms with E-state index in [0.29, 0.717) is 18.0 Å². The quantitative estimate of drug-likeness (QED) is 0.692. The van der Waals surface area contributed by atoms with E-state index in [0.717, 1.165) is 29.3 Å². The highest BCUT2D eigenvalue weighted by Gasteiger charge is 2.22. The minimum atomic E-state index is -3.70. The van der Waals surface area contributed by atoms with E-state index in [-0.39, 0.29) is 21.6 Å². The van der Waals surface area contributed by atoms with Crippen molar-refractivity contribution in [2.75, 3.05) is 32.6 Å². The van der Waals surface area contributed by atoms with Gasteiger partial charge >= 0.3 is 0 Å². The fraction of sp³-hybridized carbons (Fsp3) is 0.381. The van der Waals surface area contributed by atoms with Crippen LogP contribution in [0, 0.1) is 6.92 Å². The molecule has 0 radical (unpaired) electrons. The minimum Gasteiger partial charge on any atom is -0.489 e. The van der Waals surface area contributed by atoms with Crippen LogP contribution in [0.1, 0.15) is 28.8 Å². The van der Waals surface area contributed by atoms with E-state index in [1.165, 1.54) is 32.3 Å². The van der Waals surface area contributed by atoms with Gasteiger partial charge in [-0.25, -0.2) is 12.7 Å². The first kappa shape index (κ1) is 22.6. The number of sulfonamides is 1. The standard InChI is InChI=1S/C21H25ClN2O5S/c1-14-6-9-19(20(11-14)29-13-15-5-4-10-28-15)23-21(25)17-12-16(7-8-18(17)22)30(26,27)24(2)3/h6-9,11-12,15H,4-5,10,13H2,1-3H3,(H,23,25). The van der Waals surface area contributed by atoms with E-state index in [4.69, 9.17) is 21.1 Å². The van der Waals surface area contributed by atoms with Crippen LogP contribution in [-0.2, 0) is 14.8 Å². The molecule has 1 atom stereocenters. The lowest BCUT2D eigenvalue weighted by atomic mass is 10.1. The van der Waals surface area contributed by atoms with Crippen LogP contribution >= 0.6 is 11.6 Å². The maximum atomic E-state index is 12.9. The number of nitrogens with one attached hydrogen (secondary N) is 1. The van der Waals surface area contributed by atoms with E-state index < -0.39 is 15.9 Å². The Morgan fingerprint density at radius 1 is 1.27 bits per heavy atom. The predicted octanol–water partition coefficient (Wildman–Crippen LogP) is 3.71. The van der Waals surface area contributed by atoms with E-state index in [1.54, 1.807) is 6.07 Å². The number of carbonyl (C=O) groups is 1. The lowest BCUT2D eigenvalue weighted by molar-refractivity contribution is 0.0681. The molecule has 162 valence electrons. The van der Waals surface area contributed by atoms with Gasteiger partial charge in [0, 0.05) is 20.7 Å². The summed E-state index contributed by atoms with van der Waals surface area (Å²) in [6, 6.07) is 9.47. The highest BCUT2D eigenvalue weighted by atomic mass is 35.5. The molecule has 2 aromatic carbocycles. The summed E-state index contributed by atoms with van der Waals surface area (Å²) in [5, 5.41) is 2.93. The lowest BCUT2D eigenvalue weighted by Gasteiger charge is -2.17. The first-order valence-electron chi connectivity index (χ1n) is 9.57. The number of carbonyl (C=O) groups excluding carboxylic acids is 1. The van der Waals surface area contributed by atoms with Crippen molar-refractivity contribution >= 4 is 33.2 Å². The summed E-state index contributed by atoms with van der Waals surface area (Å²) in [5.74, 6) is -0.00587. The Balaban J connectivity index is 1.83. The van der Waals surface area contributed by atoms with Gasteiger partial charge in [-0.2, -0.15) is 0 Å². The number of anilines is 1. The normalized spacial score (nSPS) is 16.6. The second-order valence-corrected chi connectivity index (χ2v) is 9.89. The molecule has 0 bridgehead atoms. The number of nitrogens with zero attached hydrogens (tertiary/aromatic N) is 1. The van der Waals surface area contributed by atoms with Gasteiger partial charge in [-0.3, -0.25) is 4.79 Å². The molecule has 1 heterocycles. The Kier molecular flexibility index (Phi) is 7.02. The Morgan fingerprint density at radius 2 is 2.03 bits per heavy atom. The molecule has 30 heavy (non-hydrogen) atoms. The number of amides is 1. The van der Waals surface area contributed by atoms with Crippen LogP contribution in [0.3, 0.4) is 0 Å². The average molecular weight is 453 g/mol. The highest BCUT2D eigenvalue weighted by molar-refractivity contribution is 7.89. The molecule has 1 unspecified atom stereocenters. The Bertz CT molecular complexity index is 1030. The molecule has 0 aliphatic carbocycles. The van der Waals surface area contributed by atoms with Gasteiger partial charge in [0.15, 0.2) is 0 Å². The van der Waals surface area contributed by atoms with E-state index in [1.807, 2.05) is 19.1 Å². The average Bonchev–Trinajstić information content (AvgIpc) is 3.21. The number of ether oxygens (including phenoxy) is 2. The first-order valence-corrected chi connectivity index (χ1v) is 11.4.